The summed E-state index contributed by atoms with van der Waals surface area (Å²) < 4.78 is 11.4. The third kappa shape index (κ3) is 6.48. The van der Waals surface area contributed by atoms with Crippen LogP contribution in [0.2, 0.25) is 0 Å². The highest BCUT2D eigenvalue weighted by molar-refractivity contribution is 5.91. The van der Waals surface area contributed by atoms with Crippen LogP contribution in [0.5, 0.6) is 11.5 Å². The summed E-state index contributed by atoms with van der Waals surface area (Å²) in [4.78, 5) is 14.5. The highest BCUT2D eigenvalue weighted by Gasteiger charge is 2.20. The third-order valence-electron chi connectivity index (χ3n) is 5.10. The maximum atomic E-state index is 12.1. The summed E-state index contributed by atoms with van der Waals surface area (Å²) in [5, 5.41) is 6.35. The lowest BCUT2D eigenvalue weighted by molar-refractivity contribution is -0.118. The number of anilines is 1. The Morgan fingerprint density at radius 1 is 1.14 bits per heavy atom. The van der Waals surface area contributed by atoms with Gasteiger partial charge in [-0.1, -0.05) is 24.3 Å². The van der Waals surface area contributed by atoms with Gasteiger partial charge in [-0.05, 0) is 63.2 Å². The summed E-state index contributed by atoms with van der Waals surface area (Å²) in [6, 6.07) is 15.8. The van der Waals surface area contributed by atoms with Crippen molar-refractivity contribution in [2.24, 2.45) is 0 Å². The van der Waals surface area contributed by atoms with Gasteiger partial charge in [0, 0.05) is 24.8 Å². The topological polar surface area (TPSA) is 62.8 Å². The van der Waals surface area contributed by atoms with E-state index in [2.05, 4.69) is 22.6 Å². The second-order valence-electron chi connectivity index (χ2n) is 7.32. The second kappa shape index (κ2) is 10.8. The Hall–Kier alpha value is -2.57. The molecular formula is C23H31N3O3. The maximum absolute atomic E-state index is 12.1. The van der Waals surface area contributed by atoms with Crippen LogP contribution in [0.4, 0.5) is 5.69 Å². The van der Waals surface area contributed by atoms with Crippen molar-refractivity contribution in [1.29, 1.82) is 0 Å². The zero-order valence-electron chi connectivity index (χ0n) is 17.3. The molecule has 1 aliphatic heterocycles. The normalized spacial score (nSPS) is 16.6. The standard InChI is InChI=1S/C23H31N3O3/c1-3-28-22-14-18(15-24-16-20-10-7-13-26(20)2)11-12-21(22)29-17-23(27)25-19-8-5-4-6-9-19/h4-6,8-9,11-12,14,20,24H,3,7,10,13,15-17H2,1-2H3,(H,25,27). The Morgan fingerprint density at radius 2 is 1.97 bits per heavy atom. The first-order chi connectivity index (χ1) is 14.2. The van der Waals surface area contributed by atoms with Gasteiger partial charge in [0.2, 0.25) is 0 Å². The molecule has 1 aliphatic rings. The number of ether oxygens (including phenoxy) is 2. The quantitative estimate of drug-likeness (QED) is 0.644. The van der Waals surface area contributed by atoms with Crippen LogP contribution in [0.1, 0.15) is 25.3 Å². The van der Waals surface area contributed by atoms with Gasteiger partial charge >= 0.3 is 0 Å². The molecular weight excluding hydrogens is 366 g/mol. The van der Waals surface area contributed by atoms with E-state index < -0.39 is 0 Å². The molecule has 0 aromatic heterocycles. The molecule has 0 aliphatic carbocycles. The number of nitrogens with zero attached hydrogens (tertiary/aromatic N) is 1. The van der Waals surface area contributed by atoms with Crippen LogP contribution in [0.15, 0.2) is 48.5 Å². The van der Waals surface area contributed by atoms with Crippen LogP contribution in [0.25, 0.3) is 0 Å². The van der Waals surface area contributed by atoms with Crippen molar-refractivity contribution in [3.63, 3.8) is 0 Å². The number of likely N-dealkylation sites (tertiary alicyclic amines) is 1. The largest absolute Gasteiger partial charge is 0.490 e. The Bertz CT molecular complexity index is 782. The van der Waals surface area contributed by atoms with Gasteiger partial charge in [-0.2, -0.15) is 0 Å². The zero-order valence-corrected chi connectivity index (χ0v) is 17.3. The highest BCUT2D eigenvalue weighted by Crippen LogP contribution is 2.28. The van der Waals surface area contributed by atoms with Crippen molar-refractivity contribution in [2.45, 2.75) is 32.4 Å². The molecule has 1 saturated heterocycles. The fraction of sp³-hybridized carbons (Fsp3) is 0.435. The third-order valence-corrected chi connectivity index (χ3v) is 5.10. The molecule has 2 aromatic rings. The van der Waals surface area contributed by atoms with Crippen molar-refractivity contribution >= 4 is 11.6 Å². The van der Waals surface area contributed by atoms with Crippen LogP contribution in [0.3, 0.4) is 0 Å². The van der Waals surface area contributed by atoms with E-state index in [0.29, 0.717) is 24.1 Å². The molecule has 0 radical (unpaired) electrons. The van der Waals surface area contributed by atoms with Gasteiger partial charge in [0.05, 0.1) is 6.61 Å². The minimum absolute atomic E-state index is 0.0689. The Kier molecular flexibility index (Phi) is 7.90. The zero-order chi connectivity index (χ0) is 20.5. The Morgan fingerprint density at radius 3 is 2.69 bits per heavy atom. The van der Waals surface area contributed by atoms with Gasteiger partial charge in [0.25, 0.3) is 5.91 Å². The summed E-state index contributed by atoms with van der Waals surface area (Å²) in [5.41, 5.74) is 1.88. The molecule has 6 heteroatoms. The van der Waals surface area contributed by atoms with Crippen LogP contribution in [-0.2, 0) is 11.3 Å². The average molecular weight is 398 g/mol. The van der Waals surface area contributed by atoms with Crippen LogP contribution >= 0.6 is 0 Å². The molecule has 1 fully saturated rings. The molecule has 1 amide bonds. The summed E-state index contributed by atoms with van der Waals surface area (Å²) in [5.74, 6) is 1.04. The number of amides is 1. The molecule has 3 rings (SSSR count). The van der Waals surface area contributed by atoms with Crippen LogP contribution in [0, 0.1) is 0 Å². The minimum atomic E-state index is -0.204. The van der Waals surface area contributed by atoms with Gasteiger partial charge in [0.15, 0.2) is 18.1 Å². The van der Waals surface area contributed by atoms with Gasteiger partial charge in [-0.15, -0.1) is 0 Å². The number of benzene rings is 2. The first kappa shape index (κ1) is 21.1. The fourth-order valence-corrected chi connectivity index (χ4v) is 3.53. The van der Waals surface area contributed by atoms with Crippen molar-refractivity contribution in [2.75, 3.05) is 38.7 Å². The highest BCUT2D eigenvalue weighted by atomic mass is 16.5. The number of hydrogen-bond acceptors (Lipinski definition) is 5. The SMILES string of the molecule is CCOc1cc(CNCC2CCCN2C)ccc1OCC(=O)Nc1ccccc1. The lowest BCUT2D eigenvalue weighted by atomic mass is 10.2. The number of carbonyl (C=O) groups excluding carboxylic acids is 1. The van der Waals surface area contributed by atoms with Gasteiger partial charge < -0.3 is 25.0 Å². The van der Waals surface area contributed by atoms with Crippen molar-refractivity contribution in [3.8, 4) is 11.5 Å². The number of para-hydroxylation sites is 1. The smallest absolute Gasteiger partial charge is 0.262 e. The molecule has 156 valence electrons. The van der Waals surface area contributed by atoms with E-state index in [1.807, 2.05) is 55.5 Å². The minimum Gasteiger partial charge on any atom is -0.490 e. The van der Waals surface area contributed by atoms with E-state index >= 15 is 0 Å². The molecule has 2 aromatic carbocycles. The monoisotopic (exact) mass is 397 g/mol. The number of likely N-dealkylation sites (N-methyl/N-ethyl adjacent to an activating group) is 1. The number of carbonyl (C=O) groups is 1. The first-order valence-electron chi connectivity index (χ1n) is 10.3. The Balaban J connectivity index is 1.52. The van der Waals surface area contributed by atoms with E-state index in [9.17, 15) is 4.79 Å². The lowest BCUT2D eigenvalue weighted by Crippen LogP contribution is -2.35. The van der Waals surface area contributed by atoms with Gasteiger partial charge in [-0.3, -0.25) is 4.79 Å². The summed E-state index contributed by atoms with van der Waals surface area (Å²) in [7, 11) is 2.19. The molecule has 29 heavy (non-hydrogen) atoms. The van der Waals surface area contributed by atoms with E-state index in [4.69, 9.17) is 9.47 Å². The molecule has 1 unspecified atom stereocenters. The predicted molar refractivity (Wildman–Crippen MR) is 116 cm³/mol. The fourth-order valence-electron chi connectivity index (χ4n) is 3.53. The number of nitrogens with one attached hydrogen (secondary N) is 2. The maximum Gasteiger partial charge on any atom is 0.262 e. The predicted octanol–water partition coefficient (Wildman–Crippen LogP) is 3.29. The molecule has 1 atom stereocenters. The van der Waals surface area contributed by atoms with E-state index in [1.165, 1.54) is 19.4 Å². The molecule has 0 spiro atoms. The number of rotatable bonds is 10. The van der Waals surface area contributed by atoms with Crippen molar-refractivity contribution < 1.29 is 14.3 Å². The lowest BCUT2D eigenvalue weighted by Gasteiger charge is -2.20. The summed E-state index contributed by atoms with van der Waals surface area (Å²) in [6.45, 7) is 5.35. The van der Waals surface area contributed by atoms with Crippen molar-refractivity contribution in [1.82, 2.24) is 10.2 Å². The average Bonchev–Trinajstić information content (AvgIpc) is 3.13. The molecule has 1 heterocycles. The summed E-state index contributed by atoms with van der Waals surface area (Å²) >= 11 is 0. The molecule has 0 saturated carbocycles. The second-order valence-corrected chi connectivity index (χ2v) is 7.32. The molecule has 6 nitrogen and oxygen atoms in total. The van der Waals surface area contributed by atoms with Gasteiger partial charge in [-0.25, -0.2) is 0 Å². The number of hydrogen-bond donors (Lipinski definition) is 2. The Labute approximate surface area is 173 Å². The first-order valence-corrected chi connectivity index (χ1v) is 10.3. The van der Waals surface area contributed by atoms with Gasteiger partial charge in [0.1, 0.15) is 0 Å². The van der Waals surface area contributed by atoms with Crippen LogP contribution in [-0.4, -0.2) is 50.2 Å². The summed E-state index contributed by atoms with van der Waals surface area (Å²) in [6.07, 6.45) is 2.53. The van der Waals surface area contributed by atoms with Crippen molar-refractivity contribution in [3.05, 3.63) is 54.1 Å². The molecule has 2 N–H and O–H groups in total. The van der Waals surface area contributed by atoms with E-state index in [0.717, 1.165) is 24.3 Å². The van der Waals surface area contributed by atoms with E-state index in [1.54, 1.807) is 0 Å². The van der Waals surface area contributed by atoms with E-state index in [-0.39, 0.29) is 12.5 Å². The van der Waals surface area contributed by atoms with Crippen LogP contribution < -0.4 is 20.1 Å². The molecule has 0 bridgehead atoms.